The standard InChI is InChI=1S/C12H18N2O/c1-9(15)6-7-10-8-11(12(2,3)4)13-14(10)5/h6-8H,1-5H3/b7-6+. The van der Waals surface area contributed by atoms with Crippen LogP contribution in [0.1, 0.15) is 39.1 Å². The van der Waals surface area contributed by atoms with Crippen molar-refractivity contribution in [1.82, 2.24) is 9.78 Å². The van der Waals surface area contributed by atoms with Crippen molar-refractivity contribution < 1.29 is 4.79 Å². The highest BCUT2D eigenvalue weighted by atomic mass is 16.1. The van der Waals surface area contributed by atoms with E-state index in [9.17, 15) is 4.79 Å². The Bertz CT molecular complexity index is 394. The van der Waals surface area contributed by atoms with Crippen molar-refractivity contribution in [1.29, 1.82) is 0 Å². The third kappa shape index (κ3) is 3.05. The molecule has 0 unspecified atom stereocenters. The number of carbonyl (C=O) groups excluding carboxylic acids is 1. The van der Waals surface area contributed by atoms with E-state index in [2.05, 4.69) is 25.9 Å². The molecule has 1 aromatic heterocycles. The average molecular weight is 206 g/mol. The van der Waals surface area contributed by atoms with Crippen LogP contribution < -0.4 is 0 Å². The summed E-state index contributed by atoms with van der Waals surface area (Å²) in [6.45, 7) is 7.90. The van der Waals surface area contributed by atoms with E-state index in [0.29, 0.717) is 0 Å². The van der Waals surface area contributed by atoms with Crippen LogP contribution >= 0.6 is 0 Å². The van der Waals surface area contributed by atoms with Crippen molar-refractivity contribution in [3.8, 4) is 0 Å². The fourth-order valence-corrected chi connectivity index (χ4v) is 1.21. The zero-order valence-electron chi connectivity index (χ0n) is 10.0. The van der Waals surface area contributed by atoms with Gasteiger partial charge >= 0.3 is 0 Å². The maximum Gasteiger partial charge on any atom is 0.152 e. The first-order chi connectivity index (χ1) is 6.80. The van der Waals surface area contributed by atoms with Gasteiger partial charge in [-0.2, -0.15) is 5.10 Å². The SMILES string of the molecule is CC(=O)/C=C/c1cc(C(C)(C)C)nn1C. The molecule has 82 valence electrons. The smallest absolute Gasteiger partial charge is 0.152 e. The fourth-order valence-electron chi connectivity index (χ4n) is 1.21. The Balaban J connectivity index is 3.02. The van der Waals surface area contributed by atoms with Gasteiger partial charge < -0.3 is 0 Å². The molecule has 0 amide bonds. The molecule has 0 bridgehead atoms. The highest BCUT2D eigenvalue weighted by molar-refractivity contribution is 5.91. The molecule has 1 heterocycles. The second-order valence-corrected chi connectivity index (χ2v) is 4.77. The number of carbonyl (C=O) groups is 1. The maximum absolute atomic E-state index is 10.8. The van der Waals surface area contributed by atoms with Crippen LogP contribution in [-0.4, -0.2) is 15.6 Å². The van der Waals surface area contributed by atoms with Crippen molar-refractivity contribution in [3.63, 3.8) is 0 Å². The van der Waals surface area contributed by atoms with Crippen LogP contribution in [0.3, 0.4) is 0 Å². The summed E-state index contributed by atoms with van der Waals surface area (Å²) in [7, 11) is 1.88. The van der Waals surface area contributed by atoms with E-state index in [1.807, 2.05) is 13.1 Å². The van der Waals surface area contributed by atoms with Crippen LogP contribution in [0, 0.1) is 0 Å². The zero-order chi connectivity index (χ0) is 11.6. The molecule has 0 saturated heterocycles. The monoisotopic (exact) mass is 206 g/mol. The van der Waals surface area contributed by atoms with Gasteiger partial charge in [0.05, 0.1) is 11.4 Å². The van der Waals surface area contributed by atoms with Gasteiger partial charge in [-0.15, -0.1) is 0 Å². The Kier molecular flexibility index (Phi) is 3.12. The fraction of sp³-hybridized carbons (Fsp3) is 0.500. The maximum atomic E-state index is 10.8. The van der Waals surface area contributed by atoms with E-state index < -0.39 is 0 Å². The Morgan fingerprint density at radius 1 is 1.47 bits per heavy atom. The Labute approximate surface area is 90.8 Å². The summed E-state index contributed by atoms with van der Waals surface area (Å²) in [5.41, 5.74) is 2.03. The predicted octanol–water partition coefficient (Wildman–Crippen LogP) is 2.32. The van der Waals surface area contributed by atoms with Crippen LogP contribution in [0.2, 0.25) is 0 Å². The van der Waals surface area contributed by atoms with Crippen molar-refractivity contribution in [3.05, 3.63) is 23.5 Å². The summed E-state index contributed by atoms with van der Waals surface area (Å²) >= 11 is 0. The molecule has 1 rings (SSSR count). The third-order valence-corrected chi connectivity index (χ3v) is 2.17. The molecule has 0 aliphatic carbocycles. The van der Waals surface area contributed by atoms with Crippen molar-refractivity contribution >= 4 is 11.9 Å². The van der Waals surface area contributed by atoms with Crippen LogP contribution in [-0.2, 0) is 17.3 Å². The molecule has 0 spiro atoms. The van der Waals surface area contributed by atoms with Crippen LogP contribution in [0.25, 0.3) is 6.08 Å². The number of hydrogen-bond acceptors (Lipinski definition) is 2. The summed E-state index contributed by atoms with van der Waals surface area (Å²) < 4.78 is 1.79. The average Bonchev–Trinajstić information content (AvgIpc) is 2.42. The molecule has 0 fully saturated rings. The lowest BCUT2D eigenvalue weighted by atomic mass is 9.92. The lowest BCUT2D eigenvalue weighted by Crippen LogP contribution is -2.12. The van der Waals surface area contributed by atoms with E-state index in [4.69, 9.17) is 0 Å². The molecular formula is C12H18N2O. The second kappa shape index (κ2) is 4.01. The largest absolute Gasteiger partial charge is 0.295 e. The van der Waals surface area contributed by atoms with Crippen LogP contribution in [0.4, 0.5) is 0 Å². The molecule has 0 atom stereocenters. The number of nitrogens with zero attached hydrogens (tertiary/aromatic N) is 2. The van der Waals surface area contributed by atoms with Crippen molar-refractivity contribution in [2.45, 2.75) is 33.1 Å². The number of rotatable bonds is 2. The van der Waals surface area contributed by atoms with Gasteiger partial charge in [0.15, 0.2) is 5.78 Å². The normalized spacial score (nSPS) is 12.3. The lowest BCUT2D eigenvalue weighted by molar-refractivity contribution is -0.112. The van der Waals surface area contributed by atoms with Crippen molar-refractivity contribution in [2.75, 3.05) is 0 Å². The quantitative estimate of drug-likeness (QED) is 0.696. The first-order valence-electron chi connectivity index (χ1n) is 5.04. The minimum Gasteiger partial charge on any atom is -0.295 e. The van der Waals surface area contributed by atoms with Crippen molar-refractivity contribution in [2.24, 2.45) is 7.05 Å². The molecule has 0 saturated carbocycles. The van der Waals surface area contributed by atoms with Gasteiger partial charge in [-0.3, -0.25) is 9.48 Å². The molecule has 0 aromatic carbocycles. The van der Waals surface area contributed by atoms with E-state index in [0.717, 1.165) is 11.4 Å². The number of hydrogen-bond donors (Lipinski definition) is 0. The van der Waals surface area contributed by atoms with Gasteiger partial charge in [-0.25, -0.2) is 0 Å². The Hall–Kier alpha value is -1.38. The molecule has 0 N–H and O–H groups in total. The van der Waals surface area contributed by atoms with Gasteiger partial charge in [-0.1, -0.05) is 20.8 Å². The van der Waals surface area contributed by atoms with Crippen LogP contribution in [0.5, 0.6) is 0 Å². The summed E-state index contributed by atoms with van der Waals surface area (Å²) in [5, 5.41) is 4.41. The Morgan fingerprint density at radius 2 is 2.07 bits per heavy atom. The molecule has 3 heteroatoms. The van der Waals surface area contributed by atoms with Gasteiger partial charge in [0.1, 0.15) is 0 Å². The highest BCUT2D eigenvalue weighted by Gasteiger charge is 2.17. The number of ketones is 1. The molecule has 0 aliphatic rings. The highest BCUT2D eigenvalue weighted by Crippen LogP contribution is 2.21. The summed E-state index contributed by atoms with van der Waals surface area (Å²) in [4.78, 5) is 10.8. The van der Waals surface area contributed by atoms with E-state index >= 15 is 0 Å². The van der Waals surface area contributed by atoms with E-state index in [1.165, 1.54) is 6.92 Å². The minimum absolute atomic E-state index is 0.0417. The molecule has 0 aliphatic heterocycles. The summed E-state index contributed by atoms with van der Waals surface area (Å²) in [5.74, 6) is 0.0495. The zero-order valence-corrected chi connectivity index (χ0v) is 10.0. The molecule has 15 heavy (non-hydrogen) atoms. The number of allylic oxidation sites excluding steroid dienone is 1. The van der Waals surface area contributed by atoms with Gasteiger partial charge in [0.25, 0.3) is 0 Å². The van der Waals surface area contributed by atoms with E-state index in [-0.39, 0.29) is 11.2 Å². The summed E-state index contributed by atoms with van der Waals surface area (Å²) in [6, 6.07) is 2.01. The first-order valence-corrected chi connectivity index (χ1v) is 5.04. The third-order valence-electron chi connectivity index (χ3n) is 2.17. The minimum atomic E-state index is 0.0417. The Morgan fingerprint density at radius 3 is 2.47 bits per heavy atom. The van der Waals surface area contributed by atoms with Gasteiger partial charge in [-0.05, 0) is 25.1 Å². The number of aryl methyl sites for hydroxylation is 1. The second-order valence-electron chi connectivity index (χ2n) is 4.77. The molecular weight excluding hydrogens is 188 g/mol. The van der Waals surface area contributed by atoms with Gasteiger partial charge in [0.2, 0.25) is 0 Å². The van der Waals surface area contributed by atoms with Gasteiger partial charge in [0, 0.05) is 12.5 Å². The molecule has 3 nitrogen and oxygen atoms in total. The molecule has 1 aromatic rings. The topological polar surface area (TPSA) is 34.9 Å². The molecule has 0 radical (unpaired) electrons. The van der Waals surface area contributed by atoms with Crippen LogP contribution in [0.15, 0.2) is 12.1 Å². The number of aromatic nitrogens is 2. The lowest BCUT2D eigenvalue weighted by Gasteiger charge is -2.13. The first kappa shape index (κ1) is 11.7. The summed E-state index contributed by atoms with van der Waals surface area (Å²) in [6.07, 6.45) is 3.36. The van der Waals surface area contributed by atoms with E-state index in [1.54, 1.807) is 16.8 Å². The predicted molar refractivity (Wildman–Crippen MR) is 61.6 cm³/mol.